The predicted octanol–water partition coefficient (Wildman–Crippen LogP) is 14.3. The van der Waals surface area contributed by atoms with Crippen molar-refractivity contribution in [2.24, 2.45) is 0 Å². The maximum atomic E-state index is 5.51. The van der Waals surface area contributed by atoms with Gasteiger partial charge in [0, 0.05) is 47.5 Å². The van der Waals surface area contributed by atoms with Gasteiger partial charge in [0.05, 0.1) is 11.0 Å². The number of thiophene rings is 1. The van der Waals surface area contributed by atoms with Crippen LogP contribution < -0.4 is 0 Å². The first-order valence-corrected chi connectivity index (χ1v) is 20.9. The molecule has 5 heteroatoms. The van der Waals surface area contributed by atoms with E-state index in [2.05, 4.69) is 200 Å². The minimum absolute atomic E-state index is 0.253. The Morgan fingerprint density at radius 3 is 1.86 bits per heavy atom. The number of para-hydroxylation sites is 1. The minimum Gasteiger partial charge on any atom is -0.277 e. The summed E-state index contributed by atoms with van der Waals surface area (Å²) in [5, 5.41) is 4.81. The van der Waals surface area contributed by atoms with E-state index in [1.165, 1.54) is 64.3 Å². The average molecular weight is 773 g/mol. The van der Waals surface area contributed by atoms with Crippen LogP contribution in [0.25, 0.3) is 104 Å². The van der Waals surface area contributed by atoms with Crippen molar-refractivity contribution in [3.05, 3.63) is 193 Å². The van der Waals surface area contributed by atoms with Gasteiger partial charge in [-0.1, -0.05) is 178 Å². The Morgan fingerprint density at radius 1 is 0.424 bits per heavy atom. The van der Waals surface area contributed by atoms with Crippen molar-refractivity contribution < 1.29 is 0 Å². The van der Waals surface area contributed by atoms with Crippen LogP contribution in [0.2, 0.25) is 0 Å². The zero-order valence-electron chi connectivity index (χ0n) is 32.5. The van der Waals surface area contributed by atoms with E-state index in [0.717, 1.165) is 33.3 Å². The Morgan fingerprint density at radius 2 is 1.03 bits per heavy atom. The fourth-order valence-electron chi connectivity index (χ4n) is 9.55. The summed E-state index contributed by atoms with van der Waals surface area (Å²) >= 11 is 1.79. The van der Waals surface area contributed by atoms with Gasteiger partial charge in [0.15, 0.2) is 11.6 Å². The van der Waals surface area contributed by atoms with E-state index in [1.54, 1.807) is 11.3 Å². The molecule has 0 N–H and O–H groups in total. The summed E-state index contributed by atoms with van der Waals surface area (Å²) in [5.41, 5.74) is 13.6. The highest BCUT2D eigenvalue weighted by Crippen LogP contribution is 2.53. The molecule has 0 fully saturated rings. The molecule has 0 atom stereocenters. The molecule has 3 heterocycles. The van der Waals surface area contributed by atoms with E-state index in [-0.39, 0.29) is 5.41 Å². The molecule has 0 saturated heterocycles. The Labute approximate surface area is 345 Å². The molecule has 0 spiro atoms. The SMILES string of the molecule is CC1(C)c2ccccc2-c2ccc3c4ccccc4n(-c4nc(-c5ccccc5-c5ccc(-c6ccccc6)cc5)nc(-c5cccc6c5sc5ccccc56)n4)c3c21. The molecule has 59 heavy (non-hydrogen) atoms. The minimum atomic E-state index is -0.253. The Bertz CT molecular complexity index is 3470. The van der Waals surface area contributed by atoms with Crippen molar-refractivity contribution in [2.75, 3.05) is 0 Å². The second-order valence-corrected chi connectivity index (χ2v) is 17.0. The first kappa shape index (κ1) is 33.9. The van der Waals surface area contributed by atoms with Crippen molar-refractivity contribution >= 4 is 53.3 Å². The molecule has 1 aliphatic carbocycles. The monoisotopic (exact) mass is 772 g/mol. The Balaban J connectivity index is 1.15. The summed E-state index contributed by atoms with van der Waals surface area (Å²) in [4.78, 5) is 16.4. The number of hydrogen-bond acceptors (Lipinski definition) is 4. The second kappa shape index (κ2) is 12.9. The van der Waals surface area contributed by atoms with E-state index in [9.17, 15) is 0 Å². The van der Waals surface area contributed by atoms with Gasteiger partial charge in [0.1, 0.15) is 0 Å². The van der Waals surface area contributed by atoms with Gasteiger partial charge in [-0.05, 0) is 62.7 Å². The largest absolute Gasteiger partial charge is 0.277 e. The molecule has 4 nitrogen and oxygen atoms in total. The molecular weight excluding hydrogens is 737 g/mol. The van der Waals surface area contributed by atoms with Gasteiger partial charge in [0.25, 0.3) is 0 Å². The van der Waals surface area contributed by atoms with Crippen molar-refractivity contribution in [1.29, 1.82) is 0 Å². The lowest BCUT2D eigenvalue weighted by atomic mass is 9.81. The van der Waals surface area contributed by atoms with Gasteiger partial charge in [-0.25, -0.2) is 4.98 Å². The number of rotatable bonds is 5. The summed E-state index contributed by atoms with van der Waals surface area (Å²) in [6, 6.07) is 65.1. The van der Waals surface area contributed by atoms with Gasteiger partial charge < -0.3 is 0 Å². The first-order valence-electron chi connectivity index (χ1n) is 20.1. The van der Waals surface area contributed by atoms with Crippen LogP contribution >= 0.6 is 11.3 Å². The molecule has 1 aliphatic rings. The Hall–Kier alpha value is -7.21. The molecule has 0 aliphatic heterocycles. The fraction of sp³-hybridized carbons (Fsp3) is 0.0556. The average Bonchev–Trinajstić information content (AvgIpc) is 3.92. The highest BCUT2D eigenvalue weighted by atomic mass is 32.1. The van der Waals surface area contributed by atoms with E-state index >= 15 is 0 Å². The summed E-state index contributed by atoms with van der Waals surface area (Å²) in [6.07, 6.45) is 0. The van der Waals surface area contributed by atoms with Gasteiger partial charge in [-0.15, -0.1) is 11.3 Å². The number of hydrogen-bond donors (Lipinski definition) is 0. The number of nitrogens with zero attached hydrogens (tertiary/aromatic N) is 4. The maximum absolute atomic E-state index is 5.51. The van der Waals surface area contributed by atoms with Crippen LogP contribution in [0.15, 0.2) is 182 Å². The van der Waals surface area contributed by atoms with Gasteiger partial charge in [0.2, 0.25) is 5.95 Å². The summed E-state index contributed by atoms with van der Waals surface area (Å²) in [7, 11) is 0. The molecule has 8 aromatic carbocycles. The lowest BCUT2D eigenvalue weighted by molar-refractivity contribution is 0.663. The highest BCUT2D eigenvalue weighted by molar-refractivity contribution is 7.26. The van der Waals surface area contributed by atoms with Crippen LogP contribution in [0.4, 0.5) is 0 Å². The van der Waals surface area contributed by atoms with Gasteiger partial charge in [-0.2, -0.15) is 9.97 Å². The third-order valence-electron chi connectivity index (χ3n) is 12.3. The predicted molar refractivity (Wildman–Crippen MR) is 246 cm³/mol. The van der Waals surface area contributed by atoms with Crippen LogP contribution in [0.1, 0.15) is 25.0 Å². The number of fused-ring (bicyclic) bond motifs is 10. The summed E-state index contributed by atoms with van der Waals surface area (Å²) < 4.78 is 4.73. The van der Waals surface area contributed by atoms with E-state index < -0.39 is 0 Å². The van der Waals surface area contributed by atoms with Crippen LogP contribution in [-0.2, 0) is 5.41 Å². The standard InChI is InChI=1S/C54H36N4S/c1-54(2)45-24-11-8-18-37(45)40-31-32-41-38-19-9-12-25-46(38)58(49(41)48(40)54)53-56-51(55-52(57-53)44-23-14-22-42-39-20-10-13-26-47(39)59-50(42)44)43-21-7-6-17-36(43)35-29-27-34(28-30-35)33-15-4-3-5-16-33/h3-32H,1-2H3. The van der Waals surface area contributed by atoms with E-state index in [1.807, 2.05) is 0 Å². The molecule has 3 aromatic heterocycles. The molecule has 278 valence electrons. The van der Waals surface area contributed by atoms with Crippen molar-refractivity contribution in [3.8, 4) is 62.1 Å². The molecule has 0 saturated carbocycles. The van der Waals surface area contributed by atoms with Crippen LogP contribution in [0.3, 0.4) is 0 Å². The highest BCUT2D eigenvalue weighted by Gasteiger charge is 2.38. The number of aromatic nitrogens is 4. The zero-order chi connectivity index (χ0) is 39.2. The van der Waals surface area contributed by atoms with Crippen molar-refractivity contribution in [3.63, 3.8) is 0 Å². The van der Waals surface area contributed by atoms with Crippen LogP contribution in [0, 0.1) is 0 Å². The third kappa shape index (κ3) is 5.11. The molecule has 0 bridgehead atoms. The summed E-state index contributed by atoms with van der Waals surface area (Å²) in [6.45, 7) is 4.70. The molecule has 0 amide bonds. The smallest absolute Gasteiger partial charge is 0.238 e. The molecule has 11 aromatic rings. The second-order valence-electron chi connectivity index (χ2n) is 16.0. The Kier molecular flexibility index (Phi) is 7.41. The topological polar surface area (TPSA) is 43.6 Å². The third-order valence-corrected chi connectivity index (χ3v) is 13.5. The molecule has 0 unspecified atom stereocenters. The van der Waals surface area contributed by atoms with Gasteiger partial charge >= 0.3 is 0 Å². The van der Waals surface area contributed by atoms with Crippen LogP contribution in [0.5, 0.6) is 0 Å². The lowest BCUT2D eigenvalue weighted by Gasteiger charge is -2.23. The summed E-state index contributed by atoms with van der Waals surface area (Å²) in [5.74, 6) is 1.88. The van der Waals surface area contributed by atoms with Crippen molar-refractivity contribution in [2.45, 2.75) is 19.3 Å². The molecular formula is C54H36N4S. The van der Waals surface area contributed by atoms with E-state index in [0.29, 0.717) is 17.6 Å². The fourth-order valence-corrected chi connectivity index (χ4v) is 10.8. The first-order chi connectivity index (χ1) is 29.0. The van der Waals surface area contributed by atoms with Gasteiger partial charge in [-0.3, -0.25) is 4.57 Å². The normalized spacial score (nSPS) is 13.1. The molecule has 12 rings (SSSR count). The number of benzene rings is 8. The molecule has 0 radical (unpaired) electrons. The van der Waals surface area contributed by atoms with Crippen LogP contribution in [-0.4, -0.2) is 19.5 Å². The van der Waals surface area contributed by atoms with Crippen molar-refractivity contribution in [1.82, 2.24) is 19.5 Å². The quantitative estimate of drug-likeness (QED) is 0.175. The maximum Gasteiger partial charge on any atom is 0.238 e. The lowest BCUT2D eigenvalue weighted by Crippen LogP contribution is -2.17. The zero-order valence-corrected chi connectivity index (χ0v) is 33.3. The van der Waals surface area contributed by atoms with E-state index in [4.69, 9.17) is 15.0 Å².